The van der Waals surface area contributed by atoms with Gasteiger partial charge in [0.25, 0.3) is 0 Å². The number of likely N-dealkylation sites (N-methyl/N-ethyl adjacent to an activating group) is 2. The van der Waals surface area contributed by atoms with Crippen LogP contribution in [0.1, 0.15) is 68.9 Å². The molecule has 1 saturated carbocycles. The molecule has 0 aliphatic heterocycles. The number of carbonyl (C=O) groups excluding carboxylic acids is 2. The number of benzene rings is 2. The molecule has 10 nitrogen and oxygen atoms in total. The molecular weight excluding hydrogens is 665 g/mol. The van der Waals surface area contributed by atoms with E-state index in [-0.39, 0.29) is 38.1 Å². The molecule has 2 amide bonds. The predicted molar refractivity (Wildman–Crippen MR) is 201 cm³/mol. The van der Waals surface area contributed by atoms with Crippen molar-refractivity contribution in [2.75, 3.05) is 32.9 Å². The molecule has 2 aromatic rings. The van der Waals surface area contributed by atoms with Crippen LogP contribution in [0.5, 0.6) is 0 Å². The summed E-state index contributed by atoms with van der Waals surface area (Å²) >= 11 is 0. The Kier molecular flexibility index (Phi) is 17.7. The molecule has 1 unspecified atom stereocenters. The number of rotatable bonds is 21. The smallest absolute Gasteiger partial charge is 0.243 e. The monoisotopic (exact) mass is 720 g/mol. The van der Waals surface area contributed by atoms with Gasteiger partial charge >= 0.3 is 0 Å². The normalized spacial score (nSPS) is 16.7. The first-order valence-electron chi connectivity index (χ1n) is 18.0. The zero-order chi connectivity index (χ0) is 37.2. The molecule has 51 heavy (non-hydrogen) atoms. The minimum atomic E-state index is -3.90. The first kappa shape index (κ1) is 41.7. The van der Waals surface area contributed by atoms with Crippen LogP contribution in [0.2, 0.25) is 0 Å². The van der Waals surface area contributed by atoms with Crippen molar-refractivity contribution in [1.29, 1.82) is 0 Å². The number of hydrogen-bond acceptors (Lipinski definition) is 7. The summed E-state index contributed by atoms with van der Waals surface area (Å²) in [6.45, 7) is 1.37. The standard InChI is InChI=1S/C40H56N4O6S/c1-5-7-24-37(45)38(46)36(28-32-20-13-9-14-21-32)42-40(48)35(17-6-2)41-39(47)34(27-31-18-11-8-12-19-31)30-51(49,50)44(4)26-25-43(3)29-33-22-15-10-16-23-33/h1-2,8,10-12,15-16,18-19,22-23,32,34-38,45-46H,7,9,13-14,17,20-21,24-30H2,3-4H3,(H,41,47)(H,42,48)/t34?,35-,36-,37-,38+/m0/s1. The molecule has 4 N–H and O–H groups in total. The van der Waals surface area contributed by atoms with Crippen molar-refractivity contribution in [3.63, 3.8) is 0 Å². The van der Waals surface area contributed by atoms with Crippen LogP contribution in [0.15, 0.2) is 60.7 Å². The number of nitrogens with zero attached hydrogens (tertiary/aromatic N) is 2. The third-order valence-corrected chi connectivity index (χ3v) is 11.6. The Hall–Kier alpha value is -3.71. The number of hydrogen-bond donors (Lipinski definition) is 4. The molecule has 0 spiro atoms. The van der Waals surface area contributed by atoms with Crippen molar-refractivity contribution in [3.8, 4) is 24.7 Å². The third kappa shape index (κ3) is 14.4. The summed E-state index contributed by atoms with van der Waals surface area (Å²) in [6.07, 6.45) is 14.6. The van der Waals surface area contributed by atoms with Gasteiger partial charge in [-0.15, -0.1) is 24.7 Å². The number of carbonyl (C=O) groups is 2. The largest absolute Gasteiger partial charge is 0.390 e. The lowest BCUT2D eigenvalue weighted by Crippen LogP contribution is -2.56. The topological polar surface area (TPSA) is 139 Å². The van der Waals surface area contributed by atoms with Crippen LogP contribution in [0.3, 0.4) is 0 Å². The molecule has 5 atom stereocenters. The average Bonchev–Trinajstić information content (AvgIpc) is 3.12. The van der Waals surface area contributed by atoms with E-state index in [0.717, 1.165) is 43.2 Å². The quantitative estimate of drug-likeness (QED) is 0.145. The number of aliphatic hydroxyl groups excluding tert-OH is 2. The van der Waals surface area contributed by atoms with Gasteiger partial charge in [0.1, 0.15) is 12.1 Å². The summed E-state index contributed by atoms with van der Waals surface area (Å²) in [7, 11) is -0.465. The fourth-order valence-electron chi connectivity index (χ4n) is 6.57. The zero-order valence-corrected chi connectivity index (χ0v) is 30.9. The maximum atomic E-state index is 13.9. The van der Waals surface area contributed by atoms with Gasteiger partial charge in [-0.2, -0.15) is 0 Å². The molecular formula is C40H56N4O6S. The van der Waals surface area contributed by atoms with Crippen LogP contribution < -0.4 is 10.6 Å². The van der Waals surface area contributed by atoms with Crippen molar-refractivity contribution < 1.29 is 28.2 Å². The molecule has 1 fully saturated rings. The minimum absolute atomic E-state index is 0.127. The zero-order valence-electron chi connectivity index (χ0n) is 30.1. The van der Waals surface area contributed by atoms with Crippen LogP contribution in [0.4, 0.5) is 0 Å². The number of aliphatic hydroxyl groups is 2. The summed E-state index contributed by atoms with van der Waals surface area (Å²) < 4.78 is 28.6. The summed E-state index contributed by atoms with van der Waals surface area (Å²) in [5.41, 5.74) is 1.89. The average molecular weight is 721 g/mol. The van der Waals surface area contributed by atoms with Gasteiger partial charge in [0.2, 0.25) is 21.8 Å². The lowest BCUT2D eigenvalue weighted by atomic mass is 9.82. The molecule has 0 bridgehead atoms. The highest BCUT2D eigenvalue weighted by Crippen LogP contribution is 2.29. The van der Waals surface area contributed by atoms with E-state index in [1.807, 2.05) is 72.6 Å². The number of sulfonamides is 1. The minimum Gasteiger partial charge on any atom is -0.390 e. The molecule has 278 valence electrons. The lowest BCUT2D eigenvalue weighted by Gasteiger charge is -2.33. The van der Waals surface area contributed by atoms with Crippen LogP contribution >= 0.6 is 0 Å². The fraction of sp³-hybridized carbons (Fsp3) is 0.550. The van der Waals surface area contributed by atoms with Crippen LogP contribution in [0, 0.1) is 36.5 Å². The van der Waals surface area contributed by atoms with Crippen molar-refractivity contribution in [1.82, 2.24) is 19.8 Å². The molecule has 2 aromatic carbocycles. The van der Waals surface area contributed by atoms with Crippen LogP contribution in [0.25, 0.3) is 0 Å². The van der Waals surface area contributed by atoms with Crippen molar-refractivity contribution in [3.05, 3.63) is 71.8 Å². The van der Waals surface area contributed by atoms with E-state index in [0.29, 0.717) is 19.5 Å². The van der Waals surface area contributed by atoms with Crippen LogP contribution in [-0.2, 0) is 32.6 Å². The van der Waals surface area contributed by atoms with Gasteiger partial charge in [-0.1, -0.05) is 92.8 Å². The van der Waals surface area contributed by atoms with E-state index < -0.39 is 57.8 Å². The van der Waals surface area contributed by atoms with Gasteiger partial charge in [0.15, 0.2) is 0 Å². The Bertz CT molecular complexity index is 1540. The Morgan fingerprint density at radius 2 is 1.51 bits per heavy atom. The second-order valence-corrected chi connectivity index (χ2v) is 16.0. The van der Waals surface area contributed by atoms with E-state index in [9.17, 15) is 28.2 Å². The van der Waals surface area contributed by atoms with Gasteiger partial charge in [0.05, 0.1) is 23.8 Å². The summed E-state index contributed by atoms with van der Waals surface area (Å²) in [6, 6.07) is 17.0. The highest BCUT2D eigenvalue weighted by Gasteiger charge is 2.35. The molecule has 0 radical (unpaired) electrons. The van der Waals surface area contributed by atoms with E-state index in [1.54, 1.807) is 0 Å². The lowest BCUT2D eigenvalue weighted by molar-refractivity contribution is -0.132. The second-order valence-electron chi connectivity index (χ2n) is 13.8. The van der Waals surface area contributed by atoms with Gasteiger partial charge in [-0.05, 0) is 43.4 Å². The van der Waals surface area contributed by atoms with E-state index in [4.69, 9.17) is 12.8 Å². The Morgan fingerprint density at radius 1 is 0.882 bits per heavy atom. The molecule has 0 aromatic heterocycles. The van der Waals surface area contributed by atoms with E-state index in [1.165, 1.54) is 11.4 Å². The Morgan fingerprint density at radius 3 is 2.12 bits per heavy atom. The van der Waals surface area contributed by atoms with Gasteiger partial charge in [0, 0.05) is 39.5 Å². The Balaban J connectivity index is 1.74. The molecule has 0 saturated heterocycles. The third-order valence-electron chi connectivity index (χ3n) is 9.66. The predicted octanol–water partition coefficient (Wildman–Crippen LogP) is 3.34. The molecule has 11 heteroatoms. The van der Waals surface area contributed by atoms with E-state index >= 15 is 0 Å². The number of terminal acetylenes is 2. The summed E-state index contributed by atoms with van der Waals surface area (Å²) in [5.74, 6) is 2.45. The summed E-state index contributed by atoms with van der Waals surface area (Å²) in [5, 5.41) is 27.4. The fourth-order valence-corrected chi connectivity index (χ4v) is 7.96. The summed E-state index contributed by atoms with van der Waals surface area (Å²) in [4.78, 5) is 29.7. The Labute approximate surface area is 305 Å². The van der Waals surface area contributed by atoms with Crippen molar-refractivity contribution >= 4 is 21.8 Å². The van der Waals surface area contributed by atoms with Crippen molar-refractivity contribution in [2.24, 2.45) is 11.8 Å². The second kappa shape index (κ2) is 21.6. The first-order valence-corrected chi connectivity index (χ1v) is 19.6. The van der Waals surface area contributed by atoms with Crippen LogP contribution in [-0.4, -0.2) is 96.9 Å². The maximum absolute atomic E-state index is 13.9. The van der Waals surface area contributed by atoms with E-state index in [2.05, 4.69) is 22.5 Å². The van der Waals surface area contributed by atoms with Gasteiger partial charge in [-0.25, -0.2) is 12.7 Å². The highest BCUT2D eigenvalue weighted by atomic mass is 32.2. The SMILES string of the molecule is C#CCC[C@H](O)[C@H](O)[C@H](CC1CCCCC1)NC(=O)[C@H](CC#C)NC(=O)C(Cc1ccccc1)CS(=O)(=O)N(C)CCN(C)Cc1ccccc1. The molecule has 1 aliphatic rings. The number of amides is 2. The first-order chi connectivity index (χ1) is 24.4. The molecule has 1 aliphatic carbocycles. The van der Waals surface area contributed by atoms with Gasteiger partial charge in [-0.3, -0.25) is 9.59 Å². The molecule has 3 rings (SSSR count). The highest BCUT2D eigenvalue weighted by molar-refractivity contribution is 7.89. The number of nitrogens with one attached hydrogen (secondary N) is 2. The maximum Gasteiger partial charge on any atom is 0.243 e. The van der Waals surface area contributed by atoms with Crippen molar-refractivity contribution in [2.45, 2.75) is 95.0 Å². The van der Waals surface area contributed by atoms with Gasteiger partial charge < -0.3 is 25.7 Å². The molecule has 0 heterocycles.